The number of likely N-dealkylation sites (tertiary alicyclic amines) is 1. The van der Waals surface area contributed by atoms with Crippen LogP contribution in [0.1, 0.15) is 31.9 Å². The molecule has 1 atom stereocenters. The number of nitrogens with zero attached hydrogens (tertiary/aromatic N) is 3. The number of hydrazine groups is 1. The van der Waals surface area contributed by atoms with Gasteiger partial charge in [0.15, 0.2) is 5.82 Å². The van der Waals surface area contributed by atoms with Crippen LogP contribution in [-0.2, 0) is 6.54 Å². The molecule has 1 saturated heterocycles. The SMILES string of the molecule is CC1CCCCN1Cc1cnc(NN)cn1. The zero-order valence-corrected chi connectivity index (χ0v) is 9.69. The van der Waals surface area contributed by atoms with Gasteiger partial charge in [0.05, 0.1) is 18.1 Å². The Morgan fingerprint density at radius 1 is 1.44 bits per heavy atom. The summed E-state index contributed by atoms with van der Waals surface area (Å²) in [5.41, 5.74) is 3.49. The highest BCUT2D eigenvalue weighted by atomic mass is 15.3. The number of aromatic nitrogens is 2. The molecule has 0 amide bonds. The molecular weight excluding hydrogens is 202 g/mol. The highest BCUT2D eigenvalue weighted by Crippen LogP contribution is 2.18. The standard InChI is InChI=1S/C11H19N5/c1-9-4-2-3-5-16(9)8-10-6-14-11(15-12)7-13-10/h6-7,9H,2-5,8,12H2,1H3,(H,14,15). The summed E-state index contributed by atoms with van der Waals surface area (Å²) in [6.07, 6.45) is 7.38. The smallest absolute Gasteiger partial charge is 0.158 e. The van der Waals surface area contributed by atoms with Crippen molar-refractivity contribution in [3.05, 3.63) is 18.1 Å². The van der Waals surface area contributed by atoms with Gasteiger partial charge in [0.2, 0.25) is 0 Å². The summed E-state index contributed by atoms with van der Waals surface area (Å²) in [6, 6.07) is 0.655. The number of hydrogen-bond acceptors (Lipinski definition) is 5. The molecule has 16 heavy (non-hydrogen) atoms. The Morgan fingerprint density at radius 2 is 2.31 bits per heavy atom. The van der Waals surface area contributed by atoms with E-state index in [1.54, 1.807) is 12.4 Å². The lowest BCUT2D eigenvalue weighted by Crippen LogP contribution is -2.37. The Bertz CT molecular complexity index is 324. The minimum Gasteiger partial charge on any atom is -0.307 e. The van der Waals surface area contributed by atoms with Crippen LogP contribution in [-0.4, -0.2) is 27.5 Å². The minimum atomic E-state index is 0.607. The fourth-order valence-corrected chi connectivity index (χ4v) is 2.11. The van der Waals surface area contributed by atoms with Crippen molar-refractivity contribution in [2.45, 2.75) is 38.8 Å². The van der Waals surface area contributed by atoms with Crippen molar-refractivity contribution in [3.8, 4) is 0 Å². The van der Waals surface area contributed by atoms with E-state index in [1.807, 2.05) is 0 Å². The summed E-state index contributed by atoms with van der Waals surface area (Å²) >= 11 is 0. The number of piperidine rings is 1. The lowest BCUT2D eigenvalue weighted by atomic mass is 10.0. The van der Waals surface area contributed by atoms with Crippen molar-refractivity contribution in [1.29, 1.82) is 0 Å². The van der Waals surface area contributed by atoms with Crippen molar-refractivity contribution in [2.75, 3.05) is 12.0 Å². The number of nitrogens with one attached hydrogen (secondary N) is 1. The molecule has 1 unspecified atom stereocenters. The molecular formula is C11H19N5. The van der Waals surface area contributed by atoms with E-state index in [9.17, 15) is 0 Å². The second kappa shape index (κ2) is 5.23. The highest BCUT2D eigenvalue weighted by Gasteiger charge is 2.18. The van der Waals surface area contributed by atoms with Gasteiger partial charge in [0.25, 0.3) is 0 Å². The van der Waals surface area contributed by atoms with E-state index in [-0.39, 0.29) is 0 Å². The summed E-state index contributed by atoms with van der Waals surface area (Å²) in [4.78, 5) is 11.0. The molecule has 1 aromatic heterocycles. The molecule has 1 aliphatic rings. The second-order valence-corrected chi connectivity index (χ2v) is 4.35. The first-order valence-corrected chi connectivity index (χ1v) is 5.81. The third-order valence-electron chi connectivity index (χ3n) is 3.16. The summed E-state index contributed by atoms with van der Waals surface area (Å²) < 4.78 is 0. The zero-order valence-electron chi connectivity index (χ0n) is 9.69. The largest absolute Gasteiger partial charge is 0.307 e. The molecule has 2 heterocycles. The van der Waals surface area contributed by atoms with Crippen LogP contribution < -0.4 is 11.3 Å². The van der Waals surface area contributed by atoms with Crippen molar-refractivity contribution in [1.82, 2.24) is 14.9 Å². The molecule has 88 valence electrons. The first kappa shape index (κ1) is 11.3. The number of rotatable bonds is 3. The van der Waals surface area contributed by atoms with E-state index < -0.39 is 0 Å². The monoisotopic (exact) mass is 221 g/mol. The van der Waals surface area contributed by atoms with E-state index in [1.165, 1.54) is 25.8 Å². The Balaban J connectivity index is 1.96. The van der Waals surface area contributed by atoms with Crippen molar-refractivity contribution < 1.29 is 0 Å². The Labute approximate surface area is 96.0 Å². The Kier molecular flexibility index (Phi) is 3.69. The topological polar surface area (TPSA) is 67.1 Å². The van der Waals surface area contributed by atoms with Crippen LogP contribution in [0.2, 0.25) is 0 Å². The van der Waals surface area contributed by atoms with Crippen LogP contribution in [0.5, 0.6) is 0 Å². The van der Waals surface area contributed by atoms with Gasteiger partial charge in [-0.25, -0.2) is 10.8 Å². The molecule has 1 aromatic rings. The molecule has 5 nitrogen and oxygen atoms in total. The molecule has 0 radical (unpaired) electrons. The zero-order chi connectivity index (χ0) is 11.4. The van der Waals surface area contributed by atoms with Gasteiger partial charge in [-0.3, -0.25) is 9.88 Å². The fourth-order valence-electron chi connectivity index (χ4n) is 2.11. The van der Waals surface area contributed by atoms with Gasteiger partial charge >= 0.3 is 0 Å². The van der Waals surface area contributed by atoms with Gasteiger partial charge in [-0.1, -0.05) is 6.42 Å². The number of anilines is 1. The maximum atomic E-state index is 5.24. The normalized spacial score (nSPS) is 22.0. The molecule has 3 N–H and O–H groups in total. The van der Waals surface area contributed by atoms with Gasteiger partial charge in [-0.15, -0.1) is 0 Å². The van der Waals surface area contributed by atoms with Crippen molar-refractivity contribution >= 4 is 5.82 Å². The predicted molar refractivity (Wildman–Crippen MR) is 63.6 cm³/mol. The average molecular weight is 221 g/mol. The van der Waals surface area contributed by atoms with E-state index in [0.717, 1.165) is 12.2 Å². The second-order valence-electron chi connectivity index (χ2n) is 4.35. The van der Waals surface area contributed by atoms with E-state index in [2.05, 4.69) is 27.2 Å². The Morgan fingerprint density at radius 3 is 2.94 bits per heavy atom. The lowest BCUT2D eigenvalue weighted by molar-refractivity contribution is 0.150. The summed E-state index contributed by atoms with van der Waals surface area (Å²) in [7, 11) is 0. The maximum absolute atomic E-state index is 5.24. The molecule has 1 fully saturated rings. The van der Waals surface area contributed by atoms with Crippen molar-refractivity contribution in [2.24, 2.45) is 5.84 Å². The summed E-state index contributed by atoms with van der Waals surface area (Å²) in [5.74, 6) is 5.85. The van der Waals surface area contributed by atoms with Gasteiger partial charge in [0.1, 0.15) is 0 Å². The molecule has 0 aliphatic carbocycles. The van der Waals surface area contributed by atoms with E-state index >= 15 is 0 Å². The quantitative estimate of drug-likeness (QED) is 0.591. The van der Waals surface area contributed by atoms with Crippen LogP contribution in [0.3, 0.4) is 0 Å². The predicted octanol–water partition coefficient (Wildman–Crippen LogP) is 1.14. The molecule has 0 spiro atoms. The molecule has 5 heteroatoms. The molecule has 0 aromatic carbocycles. The fraction of sp³-hybridized carbons (Fsp3) is 0.636. The van der Waals surface area contributed by atoms with Crippen LogP contribution in [0.15, 0.2) is 12.4 Å². The number of hydrogen-bond donors (Lipinski definition) is 2. The molecule has 1 aliphatic heterocycles. The average Bonchev–Trinajstić information content (AvgIpc) is 2.33. The molecule has 0 bridgehead atoms. The van der Waals surface area contributed by atoms with Crippen LogP contribution in [0.4, 0.5) is 5.82 Å². The first-order valence-electron chi connectivity index (χ1n) is 5.81. The van der Waals surface area contributed by atoms with Gasteiger partial charge < -0.3 is 5.43 Å². The van der Waals surface area contributed by atoms with Gasteiger partial charge in [-0.2, -0.15) is 0 Å². The van der Waals surface area contributed by atoms with E-state index in [4.69, 9.17) is 5.84 Å². The van der Waals surface area contributed by atoms with Crippen LogP contribution >= 0.6 is 0 Å². The highest BCUT2D eigenvalue weighted by molar-refractivity contribution is 5.28. The third-order valence-corrected chi connectivity index (χ3v) is 3.16. The third kappa shape index (κ3) is 2.68. The number of nitrogen functional groups attached to an aromatic ring is 1. The van der Waals surface area contributed by atoms with Crippen molar-refractivity contribution in [3.63, 3.8) is 0 Å². The van der Waals surface area contributed by atoms with E-state index in [0.29, 0.717) is 11.9 Å². The minimum absolute atomic E-state index is 0.607. The van der Waals surface area contributed by atoms with Gasteiger partial charge in [0, 0.05) is 12.6 Å². The van der Waals surface area contributed by atoms with Crippen LogP contribution in [0.25, 0.3) is 0 Å². The maximum Gasteiger partial charge on any atom is 0.158 e. The van der Waals surface area contributed by atoms with Crippen LogP contribution in [0, 0.1) is 0 Å². The number of nitrogens with two attached hydrogens (primary N) is 1. The van der Waals surface area contributed by atoms with Gasteiger partial charge in [-0.05, 0) is 26.3 Å². The first-order chi connectivity index (χ1) is 7.79. The molecule has 2 rings (SSSR count). The Hall–Kier alpha value is -1.20. The summed E-state index contributed by atoms with van der Waals surface area (Å²) in [6.45, 7) is 4.33. The lowest BCUT2D eigenvalue weighted by Gasteiger charge is -2.32. The summed E-state index contributed by atoms with van der Waals surface area (Å²) in [5, 5.41) is 0. The molecule has 0 saturated carbocycles.